The van der Waals surface area contributed by atoms with Gasteiger partial charge in [0, 0.05) is 0 Å². The summed E-state index contributed by atoms with van der Waals surface area (Å²) >= 11 is 4.79. The SMILES string of the molecule is CCOC(=O)C1=C(C)N=c2s/c(=C/c3ccc(OCC)c(OCC)c3)c(=O)n2[C@H]1c1ccc(OC)c(Br)c1. The molecule has 0 bridgehead atoms. The summed E-state index contributed by atoms with van der Waals surface area (Å²) in [6.07, 6.45) is 1.80. The van der Waals surface area contributed by atoms with E-state index in [4.69, 9.17) is 18.9 Å². The summed E-state index contributed by atoms with van der Waals surface area (Å²) in [4.78, 5) is 32.0. The number of benzene rings is 2. The Labute approximate surface area is 233 Å². The molecule has 0 saturated carbocycles. The minimum absolute atomic E-state index is 0.207. The third-order valence-electron chi connectivity index (χ3n) is 5.87. The van der Waals surface area contributed by atoms with Crippen molar-refractivity contribution >= 4 is 39.3 Å². The second-order valence-corrected chi connectivity index (χ2v) is 10.1. The van der Waals surface area contributed by atoms with Gasteiger partial charge in [0.05, 0.1) is 53.2 Å². The third-order valence-corrected chi connectivity index (χ3v) is 7.48. The van der Waals surface area contributed by atoms with Crippen LogP contribution in [0.2, 0.25) is 0 Å². The molecule has 0 amide bonds. The average Bonchev–Trinajstić information content (AvgIpc) is 3.19. The minimum atomic E-state index is -0.714. The van der Waals surface area contributed by atoms with Gasteiger partial charge in [0.1, 0.15) is 5.75 Å². The lowest BCUT2D eigenvalue weighted by Crippen LogP contribution is -2.39. The highest BCUT2D eigenvalue weighted by molar-refractivity contribution is 9.10. The van der Waals surface area contributed by atoms with Crippen molar-refractivity contribution in [2.75, 3.05) is 26.9 Å². The number of hydrogen-bond donors (Lipinski definition) is 0. The maximum atomic E-state index is 13.8. The van der Waals surface area contributed by atoms with Crippen molar-refractivity contribution in [1.82, 2.24) is 4.57 Å². The maximum absolute atomic E-state index is 13.8. The number of methoxy groups -OCH3 is 1. The minimum Gasteiger partial charge on any atom is -0.496 e. The molecule has 0 saturated heterocycles. The Morgan fingerprint density at radius 2 is 1.76 bits per heavy atom. The van der Waals surface area contributed by atoms with Gasteiger partial charge in [-0.1, -0.05) is 23.5 Å². The van der Waals surface area contributed by atoms with Gasteiger partial charge < -0.3 is 18.9 Å². The van der Waals surface area contributed by atoms with Crippen LogP contribution in [0.5, 0.6) is 17.2 Å². The first-order valence-corrected chi connectivity index (χ1v) is 13.9. The van der Waals surface area contributed by atoms with Crippen LogP contribution >= 0.6 is 27.3 Å². The number of rotatable bonds is 9. The number of halogens is 1. The van der Waals surface area contributed by atoms with Gasteiger partial charge in [0.15, 0.2) is 16.3 Å². The number of fused-ring (bicyclic) bond motifs is 1. The number of ether oxygens (including phenoxy) is 4. The smallest absolute Gasteiger partial charge is 0.338 e. The Morgan fingerprint density at radius 3 is 2.42 bits per heavy atom. The van der Waals surface area contributed by atoms with Gasteiger partial charge in [-0.25, -0.2) is 9.79 Å². The van der Waals surface area contributed by atoms with Crippen LogP contribution in [-0.4, -0.2) is 37.5 Å². The van der Waals surface area contributed by atoms with E-state index in [0.717, 1.165) is 11.1 Å². The van der Waals surface area contributed by atoms with Crippen molar-refractivity contribution in [2.45, 2.75) is 33.7 Å². The first kappa shape index (κ1) is 27.7. The van der Waals surface area contributed by atoms with Gasteiger partial charge >= 0.3 is 5.97 Å². The van der Waals surface area contributed by atoms with Gasteiger partial charge in [-0.15, -0.1) is 0 Å². The Morgan fingerprint density at radius 1 is 1.05 bits per heavy atom. The van der Waals surface area contributed by atoms with Crippen molar-refractivity contribution < 1.29 is 23.7 Å². The largest absolute Gasteiger partial charge is 0.496 e. The number of carbonyl (C=O) groups excluding carboxylic acids is 1. The molecule has 1 aliphatic rings. The van der Waals surface area contributed by atoms with E-state index in [9.17, 15) is 9.59 Å². The standard InChI is InChI=1S/C28H29BrN2O6S/c1-6-35-21-11-9-17(13-22(21)36-7-2)14-23-26(32)31-25(18-10-12-20(34-5)19(29)15-18)24(27(33)37-8-3)16(4)30-28(31)38-23/h9-15,25H,6-8H2,1-5H3/b23-14+/t25-/m0/s1. The van der Waals surface area contributed by atoms with E-state index in [0.29, 0.717) is 55.5 Å². The van der Waals surface area contributed by atoms with E-state index in [1.165, 1.54) is 11.3 Å². The summed E-state index contributed by atoms with van der Waals surface area (Å²) < 4.78 is 24.9. The highest BCUT2D eigenvalue weighted by Gasteiger charge is 2.33. The van der Waals surface area contributed by atoms with Gasteiger partial charge in [-0.05, 0) is 85.1 Å². The molecule has 1 atom stereocenters. The Bertz CT molecular complexity index is 1570. The number of carbonyl (C=O) groups is 1. The Kier molecular flexibility index (Phi) is 8.73. The summed E-state index contributed by atoms with van der Waals surface area (Å²) in [6, 6.07) is 10.3. The van der Waals surface area contributed by atoms with Crippen LogP contribution in [0, 0.1) is 0 Å². The molecule has 3 aromatic rings. The second-order valence-electron chi connectivity index (χ2n) is 8.27. The van der Waals surface area contributed by atoms with E-state index in [1.54, 1.807) is 37.7 Å². The van der Waals surface area contributed by atoms with Crippen LogP contribution in [0.4, 0.5) is 0 Å². The molecule has 4 rings (SSSR count). The highest BCUT2D eigenvalue weighted by Crippen LogP contribution is 2.35. The first-order valence-electron chi connectivity index (χ1n) is 12.3. The number of allylic oxidation sites excluding steroid dienone is 1. The number of hydrogen-bond acceptors (Lipinski definition) is 8. The quantitative estimate of drug-likeness (QED) is 0.339. The molecule has 0 unspecified atom stereocenters. The lowest BCUT2D eigenvalue weighted by atomic mass is 9.96. The van der Waals surface area contributed by atoms with Gasteiger partial charge in [-0.2, -0.15) is 0 Å². The average molecular weight is 602 g/mol. The zero-order valence-corrected chi connectivity index (χ0v) is 24.3. The fourth-order valence-electron chi connectivity index (χ4n) is 4.27. The van der Waals surface area contributed by atoms with Gasteiger partial charge in [-0.3, -0.25) is 9.36 Å². The molecule has 8 nitrogen and oxygen atoms in total. The summed E-state index contributed by atoms with van der Waals surface area (Å²) in [5, 5.41) is 0. The van der Waals surface area contributed by atoms with Crippen LogP contribution in [0.3, 0.4) is 0 Å². The molecule has 0 aliphatic carbocycles. The zero-order valence-electron chi connectivity index (χ0n) is 21.9. The van der Waals surface area contributed by atoms with Crippen molar-refractivity contribution in [3.63, 3.8) is 0 Å². The van der Waals surface area contributed by atoms with Crippen LogP contribution in [-0.2, 0) is 9.53 Å². The van der Waals surface area contributed by atoms with Crippen LogP contribution < -0.4 is 29.1 Å². The Hall–Kier alpha value is -3.37. The highest BCUT2D eigenvalue weighted by atomic mass is 79.9. The zero-order chi connectivity index (χ0) is 27.4. The maximum Gasteiger partial charge on any atom is 0.338 e. The number of nitrogens with zero attached hydrogens (tertiary/aromatic N) is 2. The molecular weight excluding hydrogens is 572 g/mol. The fraction of sp³-hybridized carbons (Fsp3) is 0.321. The third kappa shape index (κ3) is 5.42. The molecular formula is C28H29BrN2O6S. The van der Waals surface area contributed by atoms with Crippen molar-refractivity contribution in [1.29, 1.82) is 0 Å². The molecule has 38 heavy (non-hydrogen) atoms. The van der Waals surface area contributed by atoms with Crippen LogP contribution in [0.25, 0.3) is 6.08 Å². The lowest BCUT2D eigenvalue weighted by Gasteiger charge is -2.25. The predicted molar refractivity (Wildman–Crippen MR) is 150 cm³/mol. The van der Waals surface area contributed by atoms with Gasteiger partial charge in [0.2, 0.25) is 0 Å². The normalized spacial score (nSPS) is 15.1. The van der Waals surface area contributed by atoms with Crippen molar-refractivity contribution in [3.8, 4) is 17.2 Å². The van der Waals surface area contributed by atoms with E-state index in [1.807, 2.05) is 44.2 Å². The molecule has 1 aliphatic heterocycles. The van der Waals surface area contributed by atoms with E-state index < -0.39 is 12.0 Å². The molecule has 0 N–H and O–H groups in total. The molecule has 200 valence electrons. The number of thiazole rings is 1. The lowest BCUT2D eigenvalue weighted by molar-refractivity contribution is -0.139. The molecule has 0 fully saturated rings. The predicted octanol–water partition coefficient (Wildman–Crippen LogP) is 4.37. The van der Waals surface area contributed by atoms with Crippen LogP contribution in [0.1, 0.15) is 44.9 Å². The summed E-state index contributed by atoms with van der Waals surface area (Å²) in [6.45, 7) is 8.53. The Balaban J connectivity index is 1.91. The van der Waals surface area contributed by atoms with Crippen molar-refractivity contribution in [2.24, 2.45) is 4.99 Å². The summed E-state index contributed by atoms with van der Waals surface area (Å²) in [5.74, 6) is 1.39. The fourth-order valence-corrected chi connectivity index (χ4v) is 5.87. The molecule has 10 heteroatoms. The first-order chi connectivity index (χ1) is 18.3. The molecule has 0 radical (unpaired) electrons. The topological polar surface area (TPSA) is 88.4 Å². The molecule has 1 aromatic heterocycles. The monoisotopic (exact) mass is 600 g/mol. The van der Waals surface area contributed by atoms with Crippen LogP contribution in [0.15, 0.2) is 61.9 Å². The van der Waals surface area contributed by atoms with Crippen molar-refractivity contribution in [3.05, 3.63) is 83.0 Å². The van der Waals surface area contributed by atoms with E-state index in [-0.39, 0.29) is 12.2 Å². The van der Waals surface area contributed by atoms with E-state index >= 15 is 0 Å². The molecule has 0 spiro atoms. The van der Waals surface area contributed by atoms with E-state index in [2.05, 4.69) is 20.9 Å². The summed E-state index contributed by atoms with van der Waals surface area (Å²) in [7, 11) is 1.58. The number of aromatic nitrogens is 1. The molecule has 2 aromatic carbocycles. The number of esters is 1. The summed E-state index contributed by atoms with van der Waals surface area (Å²) in [5.41, 5.74) is 2.08. The second kappa shape index (κ2) is 12.0. The van der Waals surface area contributed by atoms with Gasteiger partial charge in [0.25, 0.3) is 5.56 Å². The molecule has 2 heterocycles.